The second-order valence-corrected chi connectivity index (χ2v) is 5.97. The van der Waals surface area contributed by atoms with Crippen molar-refractivity contribution < 1.29 is 0 Å². The van der Waals surface area contributed by atoms with Crippen molar-refractivity contribution in [2.45, 2.75) is 27.3 Å². The van der Waals surface area contributed by atoms with Crippen LogP contribution in [0.25, 0.3) is 0 Å². The minimum absolute atomic E-state index is 0.754. The van der Waals surface area contributed by atoms with Crippen molar-refractivity contribution in [2.75, 3.05) is 44.2 Å². The summed E-state index contributed by atoms with van der Waals surface area (Å²) in [7, 11) is 0. The summed E-state index contributed by atoms with van der Waals surface area (Å²) in [5.41, 5.74) is 2.66. The Morgan fingerprint density at radius 3 is 2.65 bits per heavy atom. The molecule has 0 aliphatic carbocycles. The first-order valence-electron chi connectivity index (χ1n) is 7.81. The van der Waals surface area contributed by atoms with Crippen LogP contribution in [0.15, 0.2) is 18.5 Å². The molecule has 0 saturated carbocycles. The molecule has 1 fully saturated rings. The zero-order valence-electron chi connectivity index (χ0n) is 13.1. The SMILES string of the molecule is CCNCc1ccncc1N1CCN(CC(C)C)CC1. The average molecular weight is 276 g/mol. The van der Waals surface area contributed by atoms with Gasteiger partial charge in [-0.3, -0.25) is 9.88 Å². The molecule has 0 bridgehead atoms. The number of nitrogens with zero attached hydrogens (tertiary/aromatic N) is 3. The second-order valence-electron chi connectivity index (χ2n) is 5.97. The molecule has 0 radical (unpaired) electrons. The fourth-order valence-corrected chi connectivity index (χ4v) is 2.80. The van der Waals surface area contributed by atoms with Gasteiger partial charge in [-0.1, -0.05) is 20.8 Å². The van der Waals surface area contributed by atoms with E-state index in [1.807, 2.05) is 12.4 Å². The summed E-state index contributed by atoms with van der Waals surface area (Å²) >= 11 is 0. The molecule has 0 amide bonds. The summed E-state index contributed by atoms with van der Waals surface area (Å²) in [6.07, 6.45) is 3.91. The highest BCUT2D eigenvalue weighted by molar-refractivity contribution is 5.52. The molecule has 0 spiro atoms. The first-order valence-corrected chi connectivity index (χ1v) is 7.81. The van der Waals surface area contributed by atoms with E-state index in [9.17, 15) is 0 Å². The number of anilines is 1. The van der Waals surface area contributed by atoms with Crippen LogP contribution in [0.4, 0.5) is 5.69 Å². The lowest BCUT2D eigenvalue weighted by Crippen LogP contribution is -2.47. The molecular formula is C16H28N4. The van der Waals surface area contributed by atoms with Crippen LogP contribution in [0.2, 0.25) is 0 Å². The van der Waals surface area contributed by atoms with Gasteiger partial charge in [0, 0.05) is 45.5 Å². The number of hydrogen-bond acceptors (Lipinski definition) is 4. The standard InChI is InChI=1S/C16H28N4/c1-4-17-11-15-5-6-18-12-16(15)20-9-7-19(8-10-20)13-14(2)3/h5-6,12,14,17H,4,7-11,13H2,1-3H3. The predicted octanol–water partition coefficient (Wildman–Crippen LogP) is 1.97. The number of rotatable bonds is 6. The Morgan fingerprint density at radius 1 is 1.25 bits per heavy atom. The van der Waals surface area contributed by atoms with Gasteiger partial charge in [0.2, 0.25) is 0 Å². The molecule has 1 aliphatic heterocycles. The monoisotopic (exact) mass is 276 g/mol. The van der Waals surface area contributed by atoms with Crippen molar-refractivity contribution in [1.82, 2.24) is 15.2 Å². The molecule has 4 nitrogen and oxygen atoms in total. The van der Waals surface area contributed by atoms with Crippen molar-refractivity contribution in [1.29, 1.82) is 0 Å². The van der Waals surface area contributed by atoms with Crippen molar-refractivity contribution in [3.63, 3.8) is 0 Å². The average Bonchev–Trinajstić information content (AvgIpc) is 2.46. The van der Waals surface area contributed by atoms with Crippen LogP contribution < -0.4 is 10.2 Å². The van der Waals surface area contributed by atoms with E-state index >= 15 is 0 Å². The lowest BCUT2D eigenvalue weighted by molar-refractivity contribution is 0.231. The summed E-state index contributed by atoms with van der Waals surface area (Å²) in [6, 6.07) is 2.14. The fraction of sp³-hybridized carbons (Fsp3) is 0.688. The van der Waals surface area contributed by atoms with Gasteiger partial charge in [0.15, 0.2) is 0 Å². The molecule has 2 heterocycles. The van der Waals surface area contributed by atoms with Crippen LogP contribution in [0, 0.1) is 5.92 Å². The first kappa shape index (κ1) is 15.3. The molecule has 0 unspecified atom stereocenters. The van der Waals surface area contributed by atoms with Gasteiger partial charge in [-0.25, -0.2) is 0 Å². The van der Waals surface area contributed by atoms with Crippen LogP contribution in [0.3, 0.4) is 0 Å². The van der Waals surface area contributed by atoms with Gasteiger partial charge in [0.25, 0.3) is 0 Å². The normalized spacial score (nSPS) is 16.9. The molecule has 20 heavy (non-hydrogen) atoms. The Labute approximate surface area is 123 Å². The molecule has 1 saturated heterocycles. The fourth-order valence-electron chi connectivity index (χ4n) is 2.80. The quantitative estimate of drug-likeness (QED) is 0.861. The molecule has 1 aromatic heterocycles. The van der Waals surface area contributed by atoms with E-state index in [0.29, 0.717) is 0 Å². The Morgan fingerprint density at radius 2 is 2.00 bits per heavy atom. The molecular weight excluding hydrogens is 248 g/mol. The summed E-state index contributed by atoms with van der Waals surface area (Å²) in [5.74, 6) is 0.754. The van der Waals surface area contributed by atoms with E-state index in [1.54, 1.807) is 0 Å². The summed E-state index contributed by atoms with van der Waals surface area (Å²) < 4.78 is 0. The molecule has 1 aliphatic rings. The third-order valence-electron chi connectivity index (χ3n) is 3.79. The zero-order valence-corrected chi connectivity index (χ0v) is 13.1. The van der Waals surface area contributed by atoms with Crippen LogP contribution in [0.1, 0.15) is 26.3 Å². The van der Waals surface area contributed by atoms with E-state index in [2.05, 4.69) is 46.9 Å². The van der Waals surface area contributed by atoms with Gasteiger partial charge < -0.3 is 10.2 Å². The third kappa shape index (κ3) is 4.18. The van der Waals surface area contributed by atoms with E-state index in [0.717, 1.165) is 45.2 Å². The summed E-state index contributed by atoms with van der Waals surface area (Å²) in [5, 5.41) is 3.41. The molecule has 0 aromatic carbocycles. The molecule has 0 atom stereocenters. The number of piperazine rings is 1. The largest absolute Gasteiger partial charge is 0.367 e. The van der Waals surface area contributed by atoms with Gasteiger partial charge in [-0.05, 0) is 24.1 Å². The van der Waals surface area contributed by atoms with Crippen molar-refractivity contribution in [3.05, 3.63) is 24.0 Å². The molecule has 4 heteroatoms. The van der Waals surface area contributed by atoms with E-state index in [4.69, 9.17) is 0 Å². The van der Waals surface area contributed by atoms with Crippen LogP contribution >= 0.6 is 0 Å². The summed E-state index contributed by atoms with van der Waals surface area (Å²) in [6.45, 7) is 14.4. The second kappa shape index (κ2) is 7.60. The molecule has 112 valence electrons. The van der Waals surface area contributed by atoms with Gasteiger partial charge in [-0.15, -0.1) is 0 Å². The Hall–Kier alpha value is -1.13. The predicted molar refractivity (Wildman–Crippen MR) is 85.1 cm³/mol. The minimum atomic E-state index is 0.754. The Balaban J connectivity index is 1.96. The maximum absolute atomic E-state index is 4.31. The number of pyridine rings is 1. The van der Waals surface area contributed by atoms with Gasteiger partial charge in [0.05, 0.1) is 11.9 Å². The van der Waals surface area contributed by atoms with Crippen LogP contribution in [-0.2, 0) is 6.54 Å². The highest BCUT2D eigenvalue weighted by atomic mass is 15.3. The van der Waals surface area contributed by atoms with Crippen LogP contribution in [0.5, 0.6) is 0 Å². The molecule has 1 aromatic rings. The maximum Gasteiger partial charge on any atom is 0.0599 e. The number of hydrogen-bond donors (Lipinski definition) is 1. The van der Waals surface area contributed by atoms with Crippen molar-refractivity contribution in [2.24, 2.45) is 5.92 Å². The maximum atomic E-state index is 4.31. The lowest BCUT2D eigenvalue weighted by Gasteiger charge is -2.37. The smallest absolute Gasteiger partial charge is 0.0599 e. The van der Waals surface area contributed by atoms with Gasteiger partial charge in [0.1, 0.15) is 0 Å². The van der Waals surface area contributed by atoms with Crippen molar-refractivity contribution in [3.8, 4) is 0 Å². The zero-order chi connectivity index (χ0) is 14.4. The summed E-state index contributed by atoms with van der Waals surface area (Å²) in [4.78, 5) is 9.37. The molecule has 1 N–H and O–H groups in total. The van der Waals surface area contributed by atoms with E-state index in [1.165, 1.54) is 17.8 Å². The van der Waals surface area contributed by atoms with Crippen molar-refractivity contribution >= 4 is 5.69 Å². The van der Waals surface area contributed by atoms with E-state index < -0.39 is 0 Å². The Kier molecular flexibility index (Phi) is 5.80. The number of nitrogens with one attached hydrogen (secondary N) is 1. The van der Waals surface area contributed by atoms with Gasteiger partial charge in [-0.2, -0.15) is 0 Å². The van der Waals surface area contributed by atoms with Crippen LogP contribution in [-0.4, -0.2) is 49.2 Å². The number of aromatic nitrogens is 1. The Bertz CT molecular complexity index is 397. The topological polar surface area (TPSA) is 31.4 Å². The van der Waals surface area contributed by atoms with E-state index in [-0.39, 0.29) is 0 Å². The lowest BCUT2D eigenvalue weighted by atomic mass is 10.1. The highest BCUT2D eigenvalue weighted by Gasteiger charge is 2.19. The highest BCUT2D eigenvalue weighted by Crippen LogP contribution is 2.20. The molecule has 2 rings (SSSR count). The van der Waals surface area contributed by atoms with Gasteiger partial charge >= 0.3 is 0 Å². The minimum Gasteiger partial charge on any atom is -0.367 e. The first-order chi connectivity index (χ1) is 9.70. The third-order valence-corrected chi connectivity index (χ3v) is 3.79.